The number of rotatable bonds is 4. The minimum absolute atomic E-state index is 0.295. The van der Waals surface area contributed by atoms with E-state index in [1.165, 1.54) is 19.3 Å². The van der Waals surface area contributed by atoms with Gasteiger partial charge in [0.2, 0.25) is 0 Å². The van der Waals surface area contributed by atoms with Crippen molar-refractivity contribution in [3.05, 3.63) is 11.6 Å². The second-order valence-electron chi connectivity index (χ2n) is 3.53. The van der Waals surface area contributed by atoms with Gasteiger partial charge in [0, 0.05) is 0 Å². The summed E-state index contributed by atoms with van der Waals surface area (Å²) >= 11 is 0. The lowest BCUT2D eigenvalue weighted by Gasteiger charge is -2.04. The molecule has 0 aromatic rings. The first-order valence-electron chi connectivity index (χ1n) is 5.27. The molecule has 0 heterocycles. The van der Waals surface area contributed by atoms with E-state index in [2.05, 4.69) is 11.4 Å². The van der Waals surface area contributed by atoms with Crippen molar-refractivity contribution in [3.63, 3.8) is 0 Å². The van der Waals surface area contributed by atoms with E-state index in [4.69, 9.17) is 0 Å². The number of allylic oxidation sites excluding steroid dienone is 1. The smallest absolute Gasteiger partial charge is 0.172 e. The van der Waals surface area contributed by atoms with Gasteiger partial charge in [0.05, 0.1) is 6.54 Å². The summed E-state index contributed by atoms with van der Waals surface area (Å²) in [6, 6.07) is 0. The molecule has 0 unspecified atom stereocenters. The van der Waals surface area contributed by atoms with Crippen LogP contribution in [0.25, 0.3) is 0 Å². The highest BCUT2D eigenvalue weighted by Crippen LogP contribution is 2.17. The van der Waals surface area contributed by atoms with Crippen molar-refractivity contribution >= 4 is 5.78 Å². The van der Waals surface area contributed by atoms with Gasteiger partial charge in [-0.1, -0.05) is 19.4 Å². The van der Waals surface area contributed by atoms with Gasteiger partial charge in [0.25, 0.3) is 0 Å². The van der Waals surface area contributed by atoms with Crippen molar-refractivity contribution in [2.75, 3.05) is 13.1 Å². The van der Waals surface area contributed by atoms with E-state index < -0.39 is 0 Å². The summed E-state index contributed by atoms with van der Waals surface area (Å²) in [5.74, 6) is 0.295. The summed E-state index contributed by atoms with van der Waals surface area (Å²) < 4.78 is 0. The minimum atomic E-state index is 0.295. The van der Waals surface area contributed by atoms with Crippen LogP contribution in [-0.4, -0.2) is 18.9 Å². The van der Waals surface area contributed by atoms with E-state index in [0.717, 1.165) is 25.0 Å². The molecule has 0 atom stereocenters. The summed E-state index contributed by atoms with van der Waals surface area (Å²) in [7, 11) is 0. The zero-order valence-corrected chi connectivity index (χ0v) is 8.44. The molecule has 0 bridgehead atoms. The number of hydrogen-bond donors (Lipinski definition) is 1. The van der Waals surface area contributed by atoms with Gasteiger partial charge in [-0.05, 0) is 37.8 Å². The van der Waals surface area contributed by atoms with Crippen LogP contribution < -0.4 is 5.32 Å². The molecule has 0 saturated heterocycles. The lowest BCUT2D eigenvalue weighted by atomic mass is 10.1. The third-order valence-corrected chi connectivity index (χ3v) is 2.43. The van der Waals surface area contributed by atoms with Crippen LogP contribution in [0.15, 0.2) is 11.6 Å². The number of hydrogen-bond acceptors (Lipinski definition) is 2. The highest BCUT2D eigenvalue weighted by Gasteiger charge is 2.10. The molecule has 74 valence electrons. The van der Waals surface area contributed by atoms with Crippen LogP contribution in [0.3, 0.4) is 0 Å². The van der Waals surface area contributed by atoms with Gasteiger partial charge in [0.1, 0.15) is 0 Å². The number of Topliss-reactive ketones (excluding diaryl/α,β-unsaturated/α-hetero) is 1. The standard InChI is InChI=1S/C11H19NO/c1-2-12-9-11(13)10-7-5-3-4-6-8-10/h7,12H,2-6,8-9H2,1H3. The fourth-order valence-electron chi connectivity index (χ4n) is 1.62. The SMILES string of the molecule is CCNCC(=O)C1=CCCCCC1. The fraction of sp³-hybridized carbons (Fsp3) is 0.727. The summed E-state index contributed by atoms with van der Waals surface area (Å²) in [5.41, 5.74) is 1.05. The highest BCUT2D eigenvalue weighted by molar-refractivity contribution is 5.96. The molecule has 13 heavy (non-hydrogen) atoms. The average Bonchev–Trinajstić information content (AvgIpc) is 2.42. The average molecular weight is 181 g/mol. The first-order chi connectivity index (χ1) is 6.34. The molecule has 1 aliphatic rings. The summed E-state index contributed by atoms with van der Waals surface area (Å²) in [6.45, 7) is 3.41. The van der Waals surface area contributed by atoms with Gasteiger partial charge >= 0.3 is 0 Å². The Balaban J connectivity index is 2.39. The largest absolute Gasteiger partial charge is 0.310 e. The van der Waals surface area contributed by atoms with Crippen molar-refractivity contribution < 1.29 is 4.79 Å². The Labute approximate surface area is 80.4 Å². The lowest BCUT2D eigenvalue weighted by molar-refractivity contribution is -0.114. The molecule has 0 radical (unpaired) electrons. The van der Waals surface area contributed by atoms with Gasteiger partial charge in [-0.25, -0.2) is 0 Å². The quantitative estimate of drug-likeness (QED) is 0.719. The van der Waals surface area contributed by atoms with Crippen LogP contribution in [0.5, 0.6) is 0 Å². The predicted octanol–water partition coefficient (Wildman–Crippen LogP) is 2.06. The zero-order valence-electron chi connectivity index (χ0n) is 8.44. The molecule has 0 aliphatic heterocycles. The summed E-state index contributed by atoms with van der Waals surface area (Å²) in [4.78, 5) is 11.6. The Morgan fingerprint density at radius 2 is 2.31 bits per heavy atom. The van der Waals surface area contributed by atoms with Crippen LogP contribution in [0.1, 0.15) is 39.0 Å². The summed E-state index contributed by atoms with van der Waals surface area (Å²) in [5, 5.41) is 3.08. The first-order valence-corrected chi connectivity index (χ1v) is 5.27. The van der Waals surface area contributed by atoms with Gasteiger partial charge in [-0.15, -0.1) is 0 Å². The number of carbonyl (C=O) groups excluding carboxylic acids is 1. The van der Waals surface area contributed by atoms with E-state index >= 15 is 0 Å². The van der Waals surface area contributed by atoms with E-state index in [1.807, 2.05) is 6.92 Å². The maximum Gasteiger partial charge on any atom is 0.172 e. The van der Waals surface area contributed by atoms with Gasteiger partial charge < -0.3 is 5.32 Å². The van der Waals surface area contributed by atoms with Crippen molar-refractivity contribution in [2.45, 2.75) is 39.0 Å². The normalized spacial score (nSPS) is 17.8. The molecular weight excluding hydrogens is 162 g/mol. The molecule has 1 aliphatic carbocycles. The molecule has 0 fully saturated rings. The molecule has 0 aromatic carbocycles. The molecule has 1 N–H and O–H groups in total. The minimum Gasteiger partial charge on any atom is -0.310 e. The maximum absolute atomic E-state index is 11.6. The van der Waals surface area contributed by atoms with Crippen molar-refractivity contribution in [1.29, 1.82) is 0 Å². The van der Waals surface area contributed by atoms with Gasteiger partial charge in [-0.3, -0.25) is 4.79 Å². The number of carbonyl (C=O) groups is 1. The Morgan fingerprint density at radius 3 is 3.08 bits per heavy atom. The van der Waals surface area contributed by atoms with Crippen LogP contribution in [0, 0.1) is 0 Å². The Hall–Kier alpha value is -0.630. The fourth-order valence-corrected chi connectivity index (χ4v) is 1.62. The third kappa shape index (κ3) is 3.73. The van der Waals surface area contributed by atoms with E-state index in [9.17, 15) is 4.79 Å². The van der Waals surface area contributed by atoms with Crippen LogP contribution >= 0.6 is 0 Å². The second kappa shape index (κ2) is 5.92. The Bertz CT molecular complexity index is 196. The van der Waals surface area contributed by atoms with Crippen LogP contribution in [-0.2, 0) is 4.79 Å². The molecule has 0 spiro atoms. The molecule has 2 nitrogen and oxygen atoms in total. The third-order valence-electron chi connectivity index (χ3n) is 2.43. The Kier molecular flexibility index (Phi) is 4.76. The molecule has 1 rings (SSSR count). The number of nitrogens with one attached hydrogen (secondary N) is 1. The van der Waals surface area contributed by atoms with Crippen LogP contribution in [0.2, 0.25) is 0 Å². The predicted molar refractivity (Wildman–Crippen MR) is 54.7 cm³/mol. The monoisotopic (exact) mass is 181 g/mol. The number of ketones is 1. The molecule has 0 saturated carbocycles. The Morgan fingerprint density at radius 1 is 1.46 bits per heavy atom. The molecule has 0 aromatic heterocycles. The molecule has 2 heteroatoms. The van der Waals surface area contributed by atoms with E-state index in [0.29, 0.717) is 12.3 Å². The second-order valence-corrected chi connectivity index (χ2v) is 3.53. The first kappa shape index (κ1) is 10.5. The molecule has 0 amide bonds. The van der Waals surface area contributed by atoms with Crippen molar-refractivity contribution in [1.82, 2.24) is 5.32 Å². The zero-order chi connectivity index (χ0) is 9.52. The lowest BCUT2D eigenvalue weighted by Crippen LogP contribution is -2.23. The highest BCUT2D eigenvalue weighted by atomic mass is 16.1. The number of likely N-dealkylation sites (N-methyl/N-ethyl adjacent to an activating group) is 1. The maximum atomic E-state index is 11.6. The topological polar surface area (TPSA) is 29.1 Å². The van der Waals surface area contributed by atoms with E-state index in [-0.39, 0.29) is 0 Å². The van der Waals surface area contributed by atoms with Gasteiger partial charge in [-0.2, -0.15) is 0 Å². The van der Waals surface area contributed by atoms with Gasteiger partial charge in [0.15, 0.2) is 5.78 Å². The summed E-state index contributed by atoms with van der Waals surface area (Å²) in [6.07, 6.45) is 7.92. The van der Waals surface area contributed by atoms with Crippen LogP contribution in [0.4, 0.5) is 0 Å². The van der Waals surface area contributed by atoms with E-state index in [1.54, 1.807) is 0 Å². The van der Waals surface area contributed by atoms with Crippen molar-refractivity contribution in [3.8, 4) is 0 Å². The molecular formula is C11H19NO. The van der Waals surface area contributed by atoms with Crippen molar-refractivity contribution in [2.24, 2.45) is 0 Å².